The van der Waals surface area contributed by atoms with Crippen molar-refractivity contribution in [3.63, 3.8) is 0 Å². The fourth-order valence-electron chi connectivity index (χ4n) is 2.20. The molecule has 0 bridgehead atoms. The van der Waals surface area contributed by atoms with Crippen molar-refractivity contribution < 1.29 is 19.1 Å². The molecule has 0 heterocycles. The Kier molecular flexibility index (Phi) is 6.42. The highest BCUT2D eigenvalue weighted by molar-refractivity contribution is 6.30. The zero-order valence-corrected chi connectivity index (χ0v) is 15.1. The number of benzene rings is 2. The fourth-order valence-corrected chi connectivity index (χ4v) is 2.43. The van der Waals surface area contributed by atoms with E-state index in [0.29, 0.717) is 22.0 Å². The summed E-state index contributed by atoms with van der Waals surface area (Å²) in [5.41, 5.74) is 1.51. The third-order valence-corrected chi connectivity index (χ3v) is 3.73. The van der Waals surface area contributed by atoms with E-state index in [1.54, 1.807) is 56.3 Å². The number of nitrogens with one attached hydrogen (secondary N) is 1. The van der Waals surface area contributed by atoms with E-state index in [-0.39, 0.29) is 12.5 Å². The molecule has 0 saturated carbocycles. The highest BCUT2D eigenvalue weighted by Crippen LogP contribution is 2.23. The maximum Gasteiger partial charge on any atom is 0.340 e. The zero-order valence-electron chi connectivity index (χ0n) is 14.3. The first-order chi connectivity index (χ1) is 11.9. The largest absolute Gasteiger partial charge is 0.481 e. The van der Waals surface area contributed by atoms with Crippen LogP contribution in [0.1, 0.15) is 29.8 Å². The lowest BCUT2D eigenvalue weighted by atomic mass is 10.1. The quantitative estimate of drug-likeness (QED) is 0.782. The molecule has 132 valence electrons. The first-order valence-corrected chi connectivity index (χ1v) is 8.30. The van der Waals surface area contributed by atoms with Crippen LogP contribution in [-0.2, 0) is 9.53 Å². The molecule has 2 rings (SSSR count). The molecule has 0 aliphatic rings. The molecule has 6 heteroatoms. The van der Waals surface area contributed by atoms with Gasteiger partial charge in [-0.15, -0.1) is 0 Å². The molecule has 2 aromatic rings. The van der Waals surface area contributed by atoms with Crippen LogP contribution in [-0.4, -0.2) is 24.6 Å². The molecule has 0 aliphatic heterocycles. The molecule has 0 saturated heterocycles. The predicted molar refractivity (Wildman–Crippen MR) is 97.3 cm³/mol. The summed E-state index contributed by atoms with van der Waals surface area (Å²) in [6.07, 6.45) is -0.755. The molecule has 0 aliphatic carbocycles. The van der Waals surface area contributed by atoms with Crippen LogP contribution in [0.4, 0.5) is 5.69 Å². The molecule has 25 heavy (non-hydrogen) atoms. The molecule has 2 aromatic carbocycles. The Morgan fingerprint density at radius 1 is 1.20 bits per heavy atom. The smallest absolute Gasteiger partial charge is 0.340 e. The van der Waals surface area contributed by atoms with Crippen molar-refractivity contribution in [3.8, 4) is 5.75 Å². The summed E-state index contributed by atoms with van der Waals surface area (Å²) >= 11 is 5.92. The van der Waals surface area contributed by atoms with Crippen LogP contribution in [0, 0.1) is 6.92 Å². The Morgan fingerprint density at radius 2 is 1.92 bits per heavy atom. The van der Waals surface area contributed by atoms with Crippen LogP contribution >= 0.6 is 11.6 Å². The minimum absolute atomic E-state index is 0.260. The van der Waals surface area contributed by atoms with Gasteiger partial charge in [-0.1, -0.05) is 23.7 Å². The number of carbonyl (C=O) groups excluding carboxylic acids is 2. The number of aryl methyl sites for hydroxylation is 1. The van der Waals surface area contributed by atoms with Gasteiger partial charge in [-0.3, -0.25) is 4.79 Å². The van der Waals surface area contributed by atoms with Gasteiger partial charge in [-0.2, -0.15) is 0 Å². The number of amides is 1. The van der Waals surface area contributed by atoms with Crippen molar-refractivity contribution in [2.75, 3.05) is 11.9 Å². The zero-order chi connectivity index (χ0) is 18.4. The summed E-state index contributed by atoms with van der Waals surface area (Å²) in [5.74, 6) is -0.280. The van der Waals surface area contributed by atoms with Gasteiger partial charge in [0.2, 0.25) is 0 Å². The summed E-state index contributed by atoms with van der Waals surface area (Å²) in [6.45, 7) is 5.47. The van der Waals surface area contributed by atoms with Gasteiger partial charge in [-0.25, -0.2) is 4.79 Å². The van der Waals surface area contributed by atoms with Crippen molar-refractivity contribution in [2.24, 2.45) is 0 Å². The first-order valence-electron chi connectivity index (χ1n) is 7.92. The van der Waals surface area contributed by atoms with Crippen LogP contribution in [0.5, 0.6) is 5.75 Å². The third kappa shape index (κ3) is 4.97. The maximum atomic E-state index is 12.4. The van der Waals surface area contributed by atoms with Crippen molar-refractivity contribution >= 4 is 29.2 Å². The number of halogens is 1. The molecule has 1 amide bonds. The van der Waals surface area contributed by atoms with Gasteiger partial charge < -0.3 is 14.8 Å². The van der Waals surface area contributed by atoms with Gasteiger partial charge in [0.25, 0.3) is 5.91 Å². The van der Waals surface area contributed by atoms with E-state index in [0.717, 1.165) is 5.56 Å². The summed E-state index contributed by atoms with van der Waals surface area (Å²) < 4.78 is 10.7. The summed E-state index contributed by atoms with van der Waals surface area (Å²) in [4.78, 5) is 24.4. The topological polar surface area (TPSA) is 64.6 Å². The summed E-state index contributed by atoms with van der Waals surface area (Å²) in [7, 11) is 0. The monoisotopic (exact) mass is 361 g/mol. The predicted octanol–water partition coefficient (Wildman–Crippen LogP) is 4.23. The standard InChI is InChI=1S/C19H20ClNO4/c1-4-24-19(23)15-7-5-6-8-16(15)21-18(22)13(3)25-17-10-9-14(20)11-12(17)2/h5-11,13H,4H2,1-3H3,(H,21,22)/t13-/m0/s1. The van der Waals surface area contributed by atoms with Crippen molar-refractivity contribution in [1.29, 1.82) is 0 Å². The van der Waals surface area contributed by atoms with E-state index in [4.69, 9.17) is 21.1 Å². The molecule has 1 N–H and O–H groups in total. The number of carbonyl (C=O) groups is 2. The van der Waals surface area contributed by atoms with E-state index in [1.807, 2.05) is 6.92 Å². The van der Waals surface area contributed by atoms with E-state index >= 15 is 0 Å². The van der Waals surface area contributed by atoms with Gasteiger partial charge in [-0.05, 0) is 56.7 Å². The average molecular weight is 362 g/mol. The highest BCUT2D eigenvalue weighted by atomic mass is 35.5. The van der Waals surface area contributed by atoms with Crippen LogP contribution in [0.25, 0.3) is 0 Å². The van der Waals surface area contributed by atoms with Crippen LogP contribution in [0.15, 0.2) is 42.5 Å². The molecule has 0 spiro atoms. The summed E-state index contributed by atoms with van der Waals surface area (Å²) in [5, 5.41) is 3.31. The minimum atomic E-state index is -0.755. The number of hydrogen-bond donors (Lipinski definition) is 1. The lowest BCUT2D eigenvalue weighted by Crippen LogP contribution is -2.31. The van der Waals surface area contributed by atoms with Gasteiger partial charge in [0, 0.05) is 5.02 Å². The Balaban J connectivity index is 2.10. The Hall–Kier alpha value is -2.53. The number of esters is 1. The third-order valence-electron chi connectivity index (χ3n) is 3.49. The van der Waals surface area contributed by atoms with Crippen LogP contribution in [0.2, 0.25) is 5.02 Å². The highest BCUT2D eigenvalue weighted by Gasteiger charge is 2.19. The normalized spacial score (nSPS) is 11.5. The number of hydrogen-bond acceptors (Lipinski definition) is 4. The average Bonchev–Trinajstić information content (AvgIpc) is 2.58. The lowest BCUT2D eigenvalue weighted by molar-refractivity contribution is -0.122. The second-order valence-corrected chi connectivity index (χ2v) is 5.86. The number of ether oxygens (including phenoxy) is 2. The van der Waals surface area contributed by atoms with E-state index in [1.165, 1.54) is 0 Å². The van der Waals surface area contributed by atoms with E-state index in [9.17, 15) is 9.59 Å². The number of anilines is 1. The Labute approximate surface area is 151 Å². The first kappa shape index (κ1) is 18.8. The SMILES string of the molecule is CCOC(=O)c1ccccc1NC(=O)[C@H](C)Oc1ccc(Cl)cc1C. The Bertz CT molecular complexity index is 776. The second-order valence-electron chi connectivity index (χ2n) is 5.43. The molecular formula is C19H20ClNO4. The van der Waals surface area contributed by atoms with Crippen molar-refractivity contribution in [2.45, 2.75) is 26.9 Å². The number of para-hydroxylation sites is 1. The van der Waals surface area contributed by atoms with Crippen molar-refractivity contribution in [1.82, 2.24) is 0 Å². The molecule has 0 aromatic heterocycles. The van der Waals surface area contributed by atoms with Gasteiger partial charge in [0.05, 0.1) is 17.9 Å². The molecular weight excluding hydrogens is 342 g/mol. The molecule has 1 atom stereocenters. The van der Waals surface area contributed by atoms with Gasteiger partial charge in [0.15, 0.2) is 6.10 Å². The van der Waals surface area contributed by atoms with E-state index < -0.39 is 12.1 Å². The molecule has 0 fully saturated rings. The summed E-state index contributed by atoms with van der Waals surface area (Å²) in [6, 6.07) is 11.9. The molecule has 0 radical (unpaired) electrons. The minimum Gasteiger partial charge on any atom is -0.481 e. The van der Waals surface area contributed by atoms with Crippen molar-refractivity contribution in [3.05, 3.63) is 58.6 Å². The number of rotatable bonds is 6. The van der Waals surface area contributed by atoms with Crippen LogP contribution in [0.3, 0.4) is 0 Å². The Morgan fingerprint density at radius 3 is 2.60 bits per heavy atom. The lowest BCUT2D eigenvalue weighted by Gasteiger charge is -2.17. The van der Waals surface area contributed by atoms with Gasteiger partial charge >= 0.3 is 5.97 Å². The molecule has 5 nitrogen and oxygen atoms in total. The van der Waals surface area contributed by atoms with Gasteiger partial charge in [0.1, 0.15) is 5.75 Å². The molecule has 0 unspecified atom stereocenters. The second kappa shape index (κ2) is 8.53. The van der Waals surface area contributed by atoms with E-state index in [2.05, 4.69) is 5.32 Å². The maximum absolute atomic E-state index is 12.4. The fraction of sp³-hybridized carbons (Fsp3) is 0.263. The van der Waals surface area contributed by atoms with Crippen LogP contribution < -0.4 is 10.1 Å².